The van der Waals surface area contributed by atoms with Crippen LogP contribution in [0.3, 0.4) is 0 Å². The predicted molar refractivity (Wildman–Crippen MR) is 132 cm³/mol. The van der Waals surface area contributed by atoms with E-state index in [4.69, 9.17) is 24.1 Å². The highest BCUT2D eigenvalue weighted by atomic mass is 16.5. The lowest BCUT2D eigenvalue weighted by atomic mass is 9.73. The fraction of sp³-hybridized carbons (Fsp3) is 0.923. The number of hydrogen-bond donors (Lipinski definition) is 2. The minimum Gasteiger partial charge on any atom is -0.481 e. The lowest BCUT2D eigenvalue weighted by Crippen LogP contribution is -2.51. The summed E-state index contributed by atoms with van der Waals surface area (Å²) in [4.78, 5) is 23.5. The van der Waals surface area contributed by atoms with Crippen LogP contribution in [0.1, 0.15) is 98.3 Å². The molecule has 0 aromatic carbocycles. The Labute approximate surface area is 206 Å². The molecule has 0 bridgehead atoms. The first-order valence-corrected chi connectivity index (χ1v) is 13.2. The summed E-state index contributed by atoms with van der Waals surface area (Å²) in [5, 5.41) is 19.2. The van der Waals surface area contributed by atoms with Crippen LogP contribution in [0.25, 0.3) is 0 Å². The Hall–Kier alpha value is -1.22. The van der Waals surface area contributed by atoms with Crippen LogP contribution in [-0.2, 0) is 28.5 Å². The quantitative estimate of drug-likeness (QED) is 0.165. The number of carboxylic acid groups (broad SMARTS) is 2. The van der Waals surface area contributed by atoms with Gasteiger partial charge in [-0.1, -0.05) is 52.4 Å². The number of rotatable bonds is 25. The Morgan fingerprint density at radius 1 is 0.676 bits per heavy atom. The van der Waals surface area contributed by atoms with Crippen LogP contribution in [-0.4, -0.2) is 74.0 Å². The van der Waals surface area contributed by atoms with E-state index in [0.29, 0.717) is 26.4 Å². The molecule has 0 heterocycles. The van der Waals surface area contributed by atoms with Crippen molar-refractivity contribution in [1.82, 2.24) is 0 Å². The van der Waals surface area contributed by atoms with E-state index in [1.165, 1.54) is 25.7 Å². The summed E-state index contributed by atoms with van der Waals surface area (Å²) in [6, 6.07) is 0. The molecule has 0 aliphatic rings. The van der Waals surface area contributed by atoms with Gasteiger partial charge in [0.1, 0.15) is 5.41 Å². The number of unbranched alkanes of at least 4 members (excludes halogenated alkanes) is 6. The van der Waals surface area contributed by atoms with Crippen molar-refractivity contribution in [1.29, 1.82) is 0 Å². The van der Waals surface area contributed by atoms with E-state index in [2.05, 4.69) is 13.8 Å². The maximum atomic E-state index is 12.5. The van der Waals surface area contributed by atoms with Gasteiger partial charge in [0.05, 0.1) is 38.6 Å². The predicted octanol–water partition coefficient (Wildman–Crippen LogP) is 5.32. The molecule has 0 spiro atoms. The number of hydrogen-bond acceptors (Lipinski definition) is 6. The summed E-state index contributed by atoms with van der Waals surface area (Å²) in [6.45, 7) is 10.4. The van der Waals surface area contributed by atoms with Gasteiger partial charge in [-0.15, -0.1) is 0 Å². The highest BCUT2D eigenvalue weighted by molar-refractivity contribution is 5.76. The van der Waals surface area contributed by atoms with Crippen LogP contribution in [0.5, 0.6) is 0 Å². The first-order valence-electron chi connectivity index (χ1n) is 13.2. The maximum Gasteiger partial charge on any atom is 0.314 e. The third-order valence-corrected chi connectivity index (χ3v) is 6.31. The van der Waals surface area contributed by atoms with Gasteiger partial charge in [0.25, 0.3) is 0 Å². The fourth-order valence-electron chi connectivity index (χ4n) is 4.05. The highest BCUT2D eigenvalue weighted by Crippen LogP contribution is 2.37. The molecule has 0 saturated carbocycles. The van der Waals surface area contributed by atoms with Crippen LogP contribution in [0.4, 0.5) is 0 Å². The van der Waals surface area contributed by atoms with Gasteiger partial charge < -0.3 is 29.2 Å². The van der Waals surface area contributed by atoms with Gasteiger partial charge in [0.2, 0.25) is 0 Å². The van der Waals surface area contributed by atoms with Gasteiger partial charge in [0, 0.05) is 19.6 Å². The lowest BCUT2D eigenvalue weighted by Gasteiger charge is -2.39. The topological polar surface area (TPSA) is 112 Å². The molecule has 0 fully saturated rings. The monoisotopic (exact) mass is 490 g/mol. The van der Waals surface area contributed by atoms with Crippen molar-refractivity contribution in [2.24, 2.45) is 5.41 Å². The molecule has 0 aliphatic heterocycles. The van der Waals surface area contributed by atoms with E-state index in [-0.39, 0.29) is 32.5 Å². The van der Waals surface area contributed by atoms with Gasteiger partial charge in [-0.05, 0) is 39.5 Å². The lowest BCUT2D eigenvalue weighted by molar-refractivity contribution is -0.181. The molecule has 8 heteroatoms. The largest absolute Gasteiger partial charge is 0.481 e. The Bertz CT molecular complexity index is 485. The van der Waals surface area contributed by atoms with Gasteiger partial charge in [-0.3, -0.25) is 9.59 Å². The molecule has 0 aromatic heterocycles. The molecule has 34 heavy (non-hydrogen) atoms. The molecular weight excluding hydrogens is 440 g/mol. The van der Waals surface area contributed by atoms with Crippen LogP contribution in [0.2, 0.25) is 0 Å². The average molecular weight is 491 g/mol. The molecule has 0 rings (SSSR count). The van der Waals surface area contributed by atoms with Crippen molar-refractivity contribution in [2.45, 2.75) is 111 Å². The standard InChI is InChI=1S/C26H50O8/c1-5-7-9-11-16-31-18-20-33-22(3)26(25(29)30,15-13-14-24(27)28)23(4)34-21-19-32-17-12-10-8-6-2/h22-23H,5-21H2,1-4H3,(H,27,28)(H,29,30). The van der Waals surface area contributed by atoms with Crippen LogP contribution >= 0.6 is 0 Å². The zero-order valence-corrected chi connectivity index (χ0v) is 22.0. The van der Waals surface area contributed by atoms with Crippen molar-refractivity contribution < 1.29 is 38.7 Å². The molecule has 2 atom stereocenters. The Balaban J connectivity index is 4.79. The molecular formula is C26H50O8. The molecule has 0 radical (unpaired) electrons. The zero-order chi connectivity index (χ0) is 25.7. The number of carboxylic acids is 2. The number of ether oxygens (including phenoxy) is 4. The van der Waals surface area contributed by atoms with E-state index in [1.807, 2.05) is 0 Å². The second-order valence-corrected chi connectivity index (χ2v) is 8.96. The van der Waals surface area contributed by atoms with E-state index in [1.54, 1.807) is 13.8 Å². The zero-order valence-electron chi connectivity index (χ0n) is 22.0. The molecule has 0 aliphatic carbocycles. The van der Waals surface area contributed by atoms with Gasteiger partial charge in [-0.2, -0.15) is 0 Å². The van der Waals surface area contributed by atoms with E-state index < -0.39 is 29.6 Å². The minimum atomic E-state index is -1.36. The molecule has 0 aromatic rings. The summed E-state index contributed by atoms with van der Waals surface area (Å²) in [5.41, 5.74) is -1.36. The molecule has 2 N–H and O–H groups in total. The van der Waals surface area contributed by atoms with Crippen LogP contribution in [0, 0.1) is 5.41 Å². The van der Waals surface area contributed by atoms with E-state index in [9.17, 15) is 14.7 Å². The molecule has 2 unspecified atom stereocenters. The Kier molecular flexibility index (Phi) is 20.3. The summed E-state index contributed by atoms with van der Waals surface area (Å²) < 4.78 is 23.0. The highest BCUT2D eigenvalue weighted by Gasteiger charge is 2.49. The van der Waals surface area contributed by atoms with Crippen molar-refractivity contribution in [3.63, 3.8) is 0 Å². The van der Waals surface area contributed by atoms with Gasteiger partial charge in [0.15, 0.2) is 0 Å². The third kappa shape index (κ3) is 14.2. The van der Waals surface area contributed by atoms with E-state index >= 15 is 0 Å². The Morgan fingerprint density at radius 2 is 1.15 bits per heavy atom. The molecule has 202 valence electrons. The average Bonchev–Trinajstić information content (AvgIpc) is 2.79. The third-order valence-electron chi connectivity index (χ3n) is 6.31. The number of carbonyl (C=O) groups is 2. The summed E-state index contributed by atoms with van der Waals surface area (Å²) >= 11 is 0. The van der Waals surface area contributed by atoms with Gasteiger partial charge >= 0.3 is 11.9 Å². The van der Waals surface area contributed by atoms with E-state index in [0.717, 1.165) is 25.7 Å². The second kappa shape index (κ2) is 21.1. The van der Waals surface area contributed by atoms with Crippen molar-refractivity contribution >= 4 is 11.9 Å². The molecule has 8 nitrogen and oxygen atoms in total. The second-order valence-electron chi connectivity index (χ2n) is 8.96. The van der Waals surface area contributed by atoms with Crippen LogP contribution < -0.4 is 0 Å². The van der Waals surface area contributed by atoms with Crippen molar-refractivity contribution in [2.75, 3.05) is 39.6 Å². The smallest absolute Gasteiger partial charge is 0.314 e. The first-order chi connectivity index (χ1) is 16.3. The fourth-order valence-corrected chi connectivity index (χ4v) is 4.05. The minimum absolute atomic E-state index is 0.101. The maximum absolute atomic E-state index is 12.5. The SMILES string of the molecule is CCCCCCOCCOC(C)C(CCCC(=O)O)(C(=O)O)C(C)OCCOCCCCCC. The molecule has 0 saturated heterocycles. The number of aliphatic carboxylic acids is 2. The summed E-state index contributed by atoms with van der Waals surface area (Å²) in [6.07, 6.45) is 7.93. The van der Waals surface area contributed by atoms with Gasteiger partial charge in [-0.25, -0.2) is 0 Å². The first kappa shape index (κ1) is 32.8. The summed E-state index contributed by atoms with van der Waals surface area (Å²) in [5.74, 6) is -1.99. The van der Waals surface area contributed by atoms with Crippen LogP contribution in [0.15, 0.2) is 0 Å². The van der Waals surface area contributed by atoms with Crippen molar-refractivity contribution in [3.8, 4) is 0 Å². The molecule has 0 amide bonds. The normalized spacial score (nSPS) is 15.1. The van der Waals surface area contributed by atoms with Crippen molar-refractivity contribution in [3.05, 3.63) is 0 Å². The summed E-state index contributed by atoms with van der Waals surface area (Å²) in [7, 11) is 0. The Morgan fingerprint density at radius 3 is 1.53 bits per heavy atom.